The van der Waals surface area contributed by atoms with E-state index in [9.17, 15) is 37.8 Å². The first-order chi connectivity index (χ1) is 12.9. The molecule has 0 spiro atoms. The minimum Gasteiger partial charge on any atom is -0.547 e. The van der Waals surface area contributed by atoms with Crippen molar-refractivity contribution in [2.45, 2.75) is 11.7 Å². The van der Waals surface area contributed by atoms with Gasteiger partial charge in [-0.3, -0.25) is 4.79 Å². The van der Waals surface area contributed by atoms with Crippen molar-refractivity contribution >= 4 is 40.9 Å². The fraction of sp³-hybridized carbons (Fsp3) is 0.200. The van der Waals surface area contributed by atoms with Gasteiger partial charge >= 0.3 is 6.18 Å². The molecule has 1 aliphatic heterocycles. The molecule has 1 aromatic carbocycles. The van der Waals surface area contributed by atoms with Gasteiger partial charge in [-0.05, 0) is 36.5 Å². The van der Waals surface area contributed by atoms with Gasteiger partial charge < -0.3 is 40.5 Å². The molecule has 1 amide bonds. The smallest absolute Gasteiger partial charge is 0.422 e. The highest BCUT2D eigenvalue weighted by Gasteiger charge is 2.44. The number of aliphatic carboxylic acids is 2. The zero-order valence-corrected chi connectivity index (χ0v) is 14.4. The van der Waals surface area contributed by atoms with Gasteiger partial charge in [-0.25, -0.2) is 0 Å². The highest BCUT2D eigenvalue weighted by atomic mass is 32.1. The summed E-state index contributed by atoms with van der Waals surface area (Å²) in [7, 11) is 0. The minimum atomic E-state index is -4.49. The molecule has 1 aliphatic rings. The number of carbonyl (C=O) groups is 3. The first-order valence-corrected chi connectivity index (χ1v) is 7.70. The minimum absolute atomic E-state index is 0.0667. The third kappa shape index (κ3) is 4.68. The van der Waals surface area contributed by atoms with Crippen LogP contribution in [0.1, 0.15) is 0 Å². The molecule has 0 unspecified atom stereocenters. The Hall–Kier alpha value is -3.35. The molecule has 0 atom stereocenters. The second-order valence-corrected chi connectivity index (χ2v) is 5.79. The fourth-order valence-electron chi connectivity index (χ4n) is 2.15. The molecule has 13 heteroatoms. The van der Waals surface area contributed by atoms with Gasteiger partial charge in [0.05, 0.1) is 17.6 Å². The topological polar surface area (TPSA) is 143 Å². The van der Waals surface area contributed by atoms with Crippen molar-refractivity contribution in [3.8, 4) is 5.75 Å². The molecule has 28 heavy (non-hydrogen) atoms. The van der Waals surface area contributed by atoms with Crippen LogP contribution in [0.2, 0.25) is 0 Å². The Bertz CT molecular complexity index is 840. The molecule has 2 rings (SSSR count). The second-order valence-electron chi connectivity index (χ2n) is 5.38. The monoisotopic (exact) mass is 417 g/mol. The van der Waals surface area contributed by atoms with Crippen molar-refractivity contribution in [1.29, 1.82) is 0 Å². The van der Waals surface area contributed by atoms with Gasteiger partial charge in [0.25, 0.3) is 0 Å². The number of carbonyl (C=O) groups excluding carboxylic acids is 3. The Morgan fingerprint density at radius 3 is 2.21 bits per heavy atom. The molecule has 9 nitrogen and oxygen atoms in total. The molecular weight excluding hydrogens is 407 g/mol. The van der Waals surface area contributed by atoms with E-state index >= 15 is 0 Å². The van der Waals surface area contributed by atoms with Gasteiger partial charge in [-0.15, -0.1) is 0 Å². The van der Waals surface area contributed by atoms with Crippen LogP contribution < -0.4 is 30.9 Å². The summed E-state index contributed by atoms with van der Waals surface area (Å²) in [6, 6.07) is 5.03. The van der Waals surface area contributed by atoms with Crippen LogP contribution in [0.3, 0.4) is 0 Å². The molecule has 1 heterocycles. The summed E-state index contributed by atoms with van der Waals surface area (Å²) >= 11 is 4.91. The largest absolute Gasteiger partial charge is 0.547 e. The van der Waals surface area contributed by atoms with E-state index in [4.69, 9.17) is 12.2 Å². The first kappa shape index (κ1) is 21.0. The zero-order chi connectivity index (χ0) is 21.1. The third-order valence-electron chi connectivity index (χ3n) is 3.37. The molecule has 0 radical (unpaired) electrons. The van der Waals surface area contributed by atoms with Gasteiger partial charge in [0, 0.05) is 11.8 Å². The summed E-state index contributed by atoms with van der Waals surface area (Å²) < 4.78 is 40.8. The van der Waals surface area contributed by atoms with Crippen molar-refractivity contribution < 1.29 is 42.5 Å². The van der Waals surface area contributed by atoms with E-state index in [0.29, 0.717) is 6.08 Å². The normalized spacial score (nSPS) is 15.2. The number of carboxylic acid groups (broad SMARTS) is 2. The molecule has 3 N–H and O–H groups in total. The molecule has 0 fully saturated rings. The van der Waals surface area contributed by atoms with E-state index in [1.54, 1.807) is 5.32 Å². The Balaban J connectivity index is 2.05. The standard InChI is InChI=1S/C15H12F3N3O6S/c16-14(17,18)6-27-8-3-1-7(2-4-8)19-13(28)20-9-5-10(22)21-15(9,11(23)24)12(25)26/h1-5H,6H2,(H,21,22)(H,23,24)(H,25,26)(H2,19,20,28)/p-2. The zero-order valence-electron chi connectivity index (χ0n) is 13.6. The maximum atomic E-state index is 12.1. The number of alkyl halides is 3. The van der Waals surface area contributed by atoms with E-state index in [0.717, 1.165) is 0 Å². The van der Waals surface area contributed by atoms with Crippen molar-refractivity contribution in [1.82, 2.24) is 10.6 Å². The van der Waals surface area contributed by atoms with Crippen molar-refractivity contribution in [3.63, 3.8) is 0 Å². The molecule has 0 bridgehead atoms. The number of thiocarbonyl (C=S) groups is 1. The van der Waals surface area contributed by atoms with E-state index in [2.05, 4.69) is 15.4 Å². The molecule has 0 aromatic heterocycles. The number of amides is 1. The van der Waals surface area contributed by atoms with Crippen LogP contribution >= 0.6 is 12.2 Å². The summed E-state index contributed by atoms with van der Waals surface area (Å²) in [6.07, 6.45) is -3.83. The lowest BCUT2D eigenvalue weighted by Crippen LogP contribution is -2.69. The maximum Gasteiger partial charge on any atom is 0.422 e. The Labute approximate surface area is 160 Å². The van der Waals surface area contributed by atoms with Crippen LogP contribution in [-0.2, 0) is 14.4 Å². The Morgan fingerprint density at radius 2 is 1.71 bits per heavy atom. The number of ether oxygens (including phenoxy) is 1. The summed E-state index contributed by atoms with van der Waals surface area (Å²) in [4.78, 5) is 33.9. The third-order valence-corrected chi connectivity index (χ3v) is 3.57. The van der Waals surface area contributed by atoms with Crippen molar-refractivity contribution in [2.75, 3.05) is 11.9 Å². The molecule has 0 saturated carbocycles. The molecular formula is C15H10F3N3O6S-2. The van der Waals surface area contributed by atoms with E-state index in [-0.39, 0.29) is 16.5 Å². The number of anilines is 1. The first-order valence-electron chi connectivity index (χ1n) is 7.29. The van der Waals surface area contributed by atoms with Gasteiger partial charge in [-0.1, -0.05) is 0 Å². The molecule has 1 aromatic rings. The molecule has 150 valence electrons. The summed E-state index contributed by atoms with van der Waals surface area (Å²) in [5, 5.41) is 28.7. The molecule has 0 aliphatic carbocycles. The SMILES string of the molecule is O=C1C=C(NC(=S)Nc2ccc(OCC(F)(F)F)cc2)C(C(=O)[O-])(C(=O)[O-])N1. The quantitative estimate of drug-likeness (QED) is 0.360. The van der Waals surface area contributed by atoms with Crippen molar-refractivity contribution in [2.24, 2.45) is 0 Å². The number of rotatable bonds is 6. The van der Waals surface area contributed by atoms with E-state index < -0.39 is 41.9 Å². The average Bonchev–Trinajstić information content (AvgIpc) is 2.90. The van der Waals surface area contributed by atoms with Gasteiger partial charge in [0.1, 0.15) is 5.75 Å². The number of benzene rings is 1. The maximum absolute atomic E-state index is 12.1. The average molecular weight is 417 g/mol. The van der Waals surface area contributed by atoms with E-state index in [1.165, 1.54) is 24.3 Å². The van der Waals surface area contributed by atoms with Crippen LogP contribution in [0.4, 0.5) is 18.9 Å². The van der Waals surface area contributed by atoms with Crippen LogP contribution in [-0.4, -0.2) is 41.3 Å². The molecule has 0 saturated heterocycles. The second kappa shape index (κ2) is 7.72. The fourth-order valence-corrected chi connectivity index (χ4v) is 2.37. The van der Waals surface area contributed by atoms with Crippen LogP contribution in [0, 0.1) is 0 Å². The lowest BCUT2D eigenvalue weighted by Gasteiger charge is -2.34. The lowest BCUT2D eigenvalue weighted by molar-refractivity contribution is -0.332. The van der Waals surface area contributed by atoms with Gasteiger partial charge in [-0.2, -0.15) is 13.2 Å². The number of nitrogens with one attached hydrogen (secondary N) is 3. The number of hydrogen-bond donors (Lipinski definition) is 3. The predicted octanol–water partition coefficient (Wildman–Crippen LogP) is -1.83. The summed E-state index contributed by atoms with van der Waals surface area (Å²) in [6.45, 7) is -1.47. The van der Waals surface area contributed by atoms with Gasteiger partial charge in [0.2, 0.25) is 5.91 Å². The number of carboxylic acids is 2. The number of hydrogen-bond acceptors (Lipinski definition) is 7. The van der Waals surface area contributed by atoms with Crippen LogP contribution in [0.5, 0.6) is 5.75 Å². The lowest BCUT2D eigenvalue weighted by atomic mass is 9.98. The predicted molar refractivity (Wildman–Crippen MR) is 86.3 cm³/mol. The van der Waals surface area contributed by atoms with E-state index in [1.807, 2.05) is 0 Å². The summed E-state index contributed by atoms with van der Waals surface area (Å²) in [5.41, 5.74) is -3.33. The van der Waals surface area contributed by atoms with Crippen molar-refractivity contribution in [3.05, 3.63) is 36.0 Å². The highest BCUT2D eigenvalue weighted by Crippen LogP contribution is 2.22. The van der Waals surface area contributed by atoms with Crippen LogP contribution in [0.25, 0.3) is 0 Å². The summed E-state index contributed by atoms with van der Waals surface area (Å²) in [5.74, 6) is -5.38. The highest BCUT2D eigenvalue weighted by molar-refractivity contribution is 7.80. The number of halogens is 3. The van der Waals surface area contributed by atoms with Gasteiger partial charge in [0.15, 0.2) is 17.3 Å². The Kier molecular flexibility index (Phi) is 5.78. The van der Waals surface area contributed by atoms with Crippen LogP contribution in [0.15, 0.2) is 36.0 Å². The Morgan fingerprint density at radius 1 is 1.14 bits per heavy atom.